The molecule has 0 fully saturated rings. The summed E-state index contributed by atoms with van der Waals surface area (Å²) in [6.07, 6.45) is -2.37. The molecule has 1 aromatic heterocycles. The third-order valence-electron chi connectivity index (χ3n) is 1.14. The van der Waals surface area contributed by atoms with Gasteiger partial charge in [0, 0.05) is 0 Å². The van der Waals surface area contributed by atoms with E-state index in [0.29, 0.717) is 10.7 Å². The normalized spacial score (nSPS) is 10.9. The fourth-order valence-corrected chi connectivity index (χ4v) is 1.53. The van der Waals surface area contributed by atoms with Gasteiger partial charge >= 0.3 is 0 Å². The molecule has 1 nitrogen and oxygen atoms in total. The van der Waals surface area contributed by atoms with Gasteiger partial charge in [-0.15, -0.1) is 11.3 Å². The van der Waals surface area contributed by atoms with Crippen LogP contribution in [0.4, 0.5) is 8.78 Å². The van der Waals surface area contributed by atoms with E-state index in [1.807, 2.05) is 0 Å². The minimum atomic E-state index is -2.37. The monoisotopic (exact) mass is 163 g/mol. The highest BCUT2D eigenvalue weighted by atomic mass is 32.1. The van der Waals surface area contributed by atoms with E-state index >= 15 is 0 Å². The lowest BCUT2D eigenvalue weighted by Crippen LogP contribution is -1.81. The maximum absolute atomic E-state index is 12.0. The molecular formula is C6H7F2NS. The largest absolute Gasteiger partial charge is 0.274 e. The Labute approximate surface area is 61.7 Å². The molecule has 0 radical (unpaired) electrons. The SMILES string of the molecule is Cc1nc(C)c(C(F)F)s1. The summed E-state index contributed by atoms with van der Waals surface area (Å²) in [6, 6.07) is 0. The Balaban J connectivity index is 3.03. The van der Waals surface area contributed by atoms with E-state index in [-0.39, 0.29) is 4.88 Å². The van der Waals surface area contributed by atoms with Crippen molar-refractivity contribution in [1.82, 2.24) is 4.98 Å². The molecule has 0 saturated carbocycles. The molecule has 0 N–H and O–H groups in total. The molecule has 0 bridgehead atoms. The van der Waals surface area contributed by atoms with Crippen molar-refractivity contribution in [3.8, 4) is 0 Å². The molecule has 0 atom stereocenters. The smallest absolute Gasteiger partial charge is 0.246 e. The Bertz CT molecular complexity index is 232. The summed E-state index contributed by atoms with van der Waals surface area (Å²) in [6.45, 7) is 3.33. The van der Waals surface area contributed by atoms with Gasteiger partial charge in [-0.05, 0) is 13.8 Å². The Hall–Kier alpha value is -0.510. The summed E-state index contributed by atoms with van der Waals surface area (Å²) >= 11 is 1.06. The van der Waals surface area contributed by atoms with Crippen LogP contribution in [0, 0.1) is 13.8 Å². The first-order chi connectivity index (χ1) is 4.61. The fourth-order valence-electron chi connectivity index (χ4n) is 0.750. The van der Waals surface area contributed by atoms with Crippen LogP contribution in [0.5, 0.6) is 0 Å². The topological polar surface area (TPSA) is 12.9 Å². The van der Waals surface area contributed by atoms with Crippen molar-refractivity contribution in [2.45, 2.75) is 20.3 Å². The molecule has 0 unspecified atom stereocenters. The van der Waals surface area contributed by atoms with E-state index in [9.17, 15) is 8.78 Å². The van der Waals surface area contributed by atoms with Gasteiger partial charge in [-0.2, -0.15) is 0 Å². The number of halogens is 2. The zero-order valence-corrected chi connectivity index (χ0v) is 6.51. The predicted molar refractivity (Wildman–Crippen MR) is 36.5 cm³/mol. The van der Waals surface area contributed by atoms with Crippen LogP contribution in [-0.4, -0.2) is 4.98 Å². The van der Waals surface area contributed by atoms with Crippen molar-refractivity contribution in [1.29, 1.82) is 0 Å². The molecule has 0 amide bonds. The van der Waals surface area contributed by atoms with Crippen LogP contribution in [0.3, 0.4) is 0 Å². The van der Waals surface area contributed by atoms with Gasteiger partial charge in [0.05, 0.1) is 15.6 Å². The predicted octanol–water partition coefficient (Wildman–Crippen LogP) is 2.70. The molecular weight excluding hydrogens is 156 g/mol. The summed E-state index contributed by atoms with van der Waals surface area (Å²) in [5, 5.41) is 0.702. The lowest BCUT2D eigenvalue weighted by molar-refractivity contribution is 0.154. The summed E-state index contributed by atoms with van der Waals surface area (Å²) in [4.78, 5) is 3.97. The lowest BCUT2D eigenvalue weighted by atomic mass is 10.4. The van der Waals surface area contributed by atoms with Gasteiger partial charge < -0.3 is 0 Å². The van der Waals surface area contributed by atoms with E-state index in [4.69, 9.17) is 0 Å². The molecule has 1 rings (SSSR count). The molecule has 0 spiro atoms. The Morgan fingerprint density at radius 2 is 2.00 bits per heavy atom. The van der Waals surface area contributed by atoms with E-state index < -0.39 is 6.43 Å². The zero-order valence-electron chi connectivity index (χ0n) is 5.69. The van der Waals surface area contributed by atoms with Crippen molar-refractivity contribution in [2.75, 3.05) is 0 Å². The average Bonchev–Trinajstić information content (AvgIpc) is 2.10. The van der Waals surface area contributed by atoms with Crippen molar-refractivity contribution in [3.05, 3.63) is 15.6 Å². The molecule has 1 aromatic rings. The molecule has 4 heteroatoms. The van der Waals surface area contributed by atoms with E-state index in [1.165, 1.54) is 0 Å². The number of alkyl halides is 2. The number of rotatable bonds is 1. The van der Waals surface area contributed by atoms with Crippen LogP contribution in [0.25, 0.3) is 0 Å². The molecule has 1 heterocycles. The number of hydrogen-bond acceptors (Lipinski definition) is 2. The molecule has 56 valence electrons. The first-order valence-electron chi connectivity index (χ1n) is 2.83. The molecule has 0 aliphatic heterocycles. The van der Waals surface area contributed by atoms with E-state index in [1.54, 1.807) is 13.8 Å². The van der Waals surface area contributed by atoms with E-state index in [2.05, 4.69) is 4.98 Å². The van der Waals surface area contributed by atoms with Gasteiger partial charge in [0.15, 0.2) is 0 Å². The van der Waals surface area contributed by atoms with Crippen LogP contribution in [0.15, 0.2) is 0 Å². The van der Waals surface area contributed by atoms with Gasteiger partial charge in [-0.3, -0.25) is 0 Å². The number of thiazole rings is 1. The van der Waals surface area contributed by atoms with Crippen LogP contribution in [-0.2, 0) is 0 Å². The minimum Gasteiger partial charge on any atom is -0.246 e. The highest BCUT2D eigenvalue weighted by molar-refractivity contribution is 7.11. The number of hydrogen-bond donors (Lipinski definition) is 0. The number of nitrogens with zero attached hydrogens (tertiary/aromatic N) is 1. The maximum atomic E-state index is 12.0. The third kappa shape index (κ3) is 1.31. The van der Waals surface area contributed by atoms with E-state index in [0.717, 1.165) is 11.3 Å². The second-order valence-electron chi connectivity index (χ2n) is 1.98. The standard InChI is InChI=1S/C6H7F2NS/c1-3-5(6(7)8)10-4(2)9-3/h6H,1-2H3. The average molecular weight is 163 g/mol. The second kappa shape index (κ2) is 2.62. The van der Waals surface area contributed by atoms with Crippen LogP contribution < -0.4 is 0 Å². The van der Waals surface area contributed by atoms with Crippen molar-refractivity contribution < 1.29 is 8.78 Å². The quantitative estimate of drug-likeness (QED) is 0.620. The van der Waals surface area contributed by atoms with Crippen LogP contribution >= 0.6 is 11.3 Å². The van der Waals surface area contributed by atoms with Gasteiger partial charge in [0.2, 0.25) is 0 Å². The Morgan fingerprint density at radius 3 is 2.20 bits per heavy atom. The van der Waals surface area contributed by atoms with Gasteiger partial charge in [0.25, 0.3) is 6.43 Å². The Kier molecular flexibility index (Phi) is 1.99. The van der Waals surface area contributed by atoms with Gasteiger partial charge in [0.1, 0.15) is 0 Å². The van der Waals surface area contributed by atoms with Gasteiger partial charge in [-0.25, -0.2) is 13.8 Å². The highest BCUT2D eigenvalue weighted by Crippen LogP contribution is 2.27. The molecule has 0 aliphatic carbocycles. The first kappa shape index (κ1) is 7.60. The first-order valence-corrected chi connectivity index (χ1v) is 3.65. The second-order valence-corrected chi connectivity index (χ2v) is 3.22. The molecule has 0 aromatic carbocycles. The van der Waals surface area contributed by atoms with Crippen molar-refractivity contribution in [2.24, 2.45) is 0 Å². The number of aromatic nitrogens is 1. The molecule has 0 saturated heterocycles. The minimum absolute atomic E-state index is 0.0949. The fraction of sp³-hybridized carbons (Fsp3) is 0.500. The summed E-state index contributed by atoms with van der Waals surface area (Å²) in [5.41, 5.74) is 0.456. The molecule has 10 heavy (non-hydrogen) atoms. The lowest BCUT2D eigenvalue weighted by Gasteiger charge is -1.91. The molecule has 0 aliphatic rings. The number of aryl methyl sites for hydroxylation is 2. The van der Waals surface area contributed by atoms with Gasteiger partial charge in [-0.1, -0.05) is 0 Å². The van der Waals surface area contributed by atoms with Crippen LogP contribution in [0.1, 0.15) is 22.0 Å². The van der Waals surface area contributed by atoms with Crippen LogP contribution in [0.2, 0.25) is 0 Å². The summed E-state index contributed by atoms with van der Waals surface area (Å²) in [7, 11) is 0. The maximum Gasteiger partial charge on any atom is 0.274 e. The summed E-state index contributed by atoms with van der Waals surface area (Å²) in [5.74, 6) is 0. The van der Waals surface area contributed by atoms with Crippen molar-refractivity contribution in [3.63, 3.8) is 0 Å². The third-order valence-corrected chi connectivity index (χ3v) is 2.22. The Morgan fingerprint density at radius 1 is 1.40 bits per heavy atom. The zero-order chi connectivity index (χ0) is 7.72. The summed E-state index contributed by atoms with van der Waals surface area (Å²) < 4.78 is 24.0. The highest BCUT2D eigenvalue weighted by Gasteiger charge is 2.13. The van der Waals surface area contributed by atoms with Crippen molar-refractivity contribution >= 4 is 11.3 Å².